The average Bonchev–Trinajstić information content (AvgIpc) is 2.78. The van der Waals surface area contributed by atoms with Crippen LogP contribution in [0.1, 0.15) is 33.1 Å². The zero-order valence-electron chi connectivity index (χ0n) is 11.0. The summed E-state index contributed by atoms with van der Waals surface area (Å²) in [7, 11) is 0. The van der Waals surface area contributed by atoms with Crippen LogP contribution in [-0.2, 0) is 23.9 Å². The molecule has 3 rings (SSSR count). The van der Waals surface area contributed by atoms with Gasteiger partial charge in [-0.05, 0) is 18.8 Å². The summed E-state index contributed by atoms with van der Waals surface area (Å²) in [5, 5.41) is 0. The number of esters is 2. The molecule has 0 unspecified atom stereocenters. The number of carbonyl (C=O) groups excluding carboxylic acids is 3. The van der Waals surface area contributed by atoms with Crippen LogP contribution in [0, 0.1) is 5.92 Å². The number of carbonyl (C=O) groups is 3. The van der Waals surface area contributed by atoms with Gasteiger partial charge < -0.3 is 14.4 Å². The van der Waals surface area contributed by atoms with Gasteiger partial charge in [0.25, 0.3) is 5.91 Å². The van der Waals surface area contributed by atoms with Crippen molar-refractivity contribution in [2.75, 3.05) is 6.61 Å². The number of piperidine rings is 1. The largest absolute Gasteiger partial charge is 0.464 e. The van der Waals surface area contributed by atoms with Crippen LogP contribution in [0.15, 0.2) is 0 Å². The SMILES string of the molecule is CC(=O)OC[C@H]1C[C@@H]2C[C@]23C[C@@H](OC(C)=O)C(=O)N13. The van der Waals surface area contributed by atoms with Gasteiger partial charge in [-0.2, -0.15) is 0 Å². The van der Waals surface area contributed by atoms with Crippen LogP contribution in [0.4, 0.5) is 0 Å². The Morgan fingerprint density at radius 3 is 2.68 bits per heavy atom. The predicted molar refractivity (Wildman–Crippen MR) is 62.9 cm³/mol. The van der Waals surface area contributed by atoms with E-state index in [1.165, 1.54) is 13.8 Å². The third kappa shape index (κ3) is 1.81. The third-order valence-electron chi connectivity index (χ3n) is 4.44. The first-order chi connectivity index (χ1) is 8.94. The van der Waals surface area contributed by atoms with Crippen LogP contribution in [-0.4, -0.2) is 47.0 Å². The minimum atomic E-state index is -0.650. The van der Waals surface area contributed by atoms with Gasteiger partial charge in [-0.3, -0.25) is 14.4 Å². The van der Waals surface area contributed by atoms with Gasteiger partial charge in [-0.1, -0.05) is 0 Å². The van der Waals surface area contributed by atoms with E-state index in [1.807, 2.05) is 4.90 Å². The molecule has 0 bridgehead atoms. The van der Waals surface area contributed by atoms with Gasteiger partial charge in [0, 0.05) is 20.3 Å². The van der Waals surface area contributed by atoms with Crippen molar-refractivity contribution in [3.63, 3.8) is 0 Å². The quantitative estimate of drug-likeness (QED) is 0.685. The van der Waals surface area contributed by atoms with E-state index in [0.29, 0.717) is 12.3 Å². The van der Waals surface area contributed by atoms with E-state index in [9.17, 15) is 14.4 Å². The highest BCUT2D eigenvalue weighted by Gasteiger charge is 2.72. The Hall–Kier alpha value is -1.59. The van der Waals surface area contributed by atoms with Crippen molar-refractivity contribution < 1.29 is 23.9 Å². The molecule has 1 saturated carbocycles. The summed E-state index contributed by atoms with van der Waals surface area (Å²) >= 11 is 0. The molecule has 1 amide bonds. The van der Waals surface area contributed by atoms with Gasteiger partial charge in [0.2, 0.25) is 0 Å². The Balaban J connectivity index is 1.72. The number of rotatable bonds is 3. The minimum Gasteiger partial charge on any atom is -0.464 e. The predicted octanol–water partition coefficient (Wildman–Crippen LogP) is 0.244. The summed E-state index contributed by atoms with van der Waals surface area (Å²) in [4.78, 5) is 36.0. The highest BCUT2D eigenvalue weighted by Crippen LogP contribution is 2.63. The fourth-order valence-electron chi connectivity index (χ4n) is 3.72. The zero-order valence-corrected chi connectivity index (χ0v) is 11.0. The molecular weight excluding hydrogens is 250 g/mol. The van der Waals surface area contributed by atoms with Crippen molar-refractivity contribution in [2.24, 2.45) is 5.92 Å². The van der Waals surface area contributed by atoms with Gasteiger partial charge in [-0.25, -0.2) is 0 Å². The lowest BCUT2D eigenvalue weighted by Crippen LogP contribution is -2.43. The Morgan fingerprint density at radius 1 is 1.32 bits per heavy atom. The lowest BCUT2D eigenvalue weighted by molar-refractivity contribution is -0.156. The first-order valence-corrected chi connectivity index (χ1v) is 6.58. The van der Waals surface area contributed by atoms with E-state index in [2.05, 4.69) is 0 Å². The highest BCUT2D eigenvalue weighted by atomic mass is 16.5. The van der Waals surface area contributed by atoms with Gasteiger partial charge in [0.15, 0.2) is 6.10 Å². The fraction of sp³-hybridized carbons (Fsp3) is 0.769. The molecule has 1 aliphatic carbocycles. The zero-order chi connectivity index (χ0) is 13.8. The van der Waals surface area contributed by atoms with Crippen LogP contribution in [0.25, 0.3) is 0 Å². The molecule has 19 heavy (non-hydrogen) atoms. The van der Waals surface area contributed by atoms with Gasteiger partial charge >= 0.3 is 11.9 Å². The summed E-state index contributed by atoms with van der Waals surface area (Å²) < 4.78 is 10.1. The van der Waals surface area contributed by atoms with E-state index in [0.717, 1.165) is 12.8 Å². The molecule has 1 spiro atoms. The van der Waals surface area contributed by atoms with E-state index in [-0.39, 0.29) is 30.1 Å². The molecule has 0 radical (unpaired) electrons. The molecule has 0 aromatic heterocycles. The van der Waals surface area contributed by atoms with Crippen LogP contribution >= 0.6 is 0 Å². The molecular formula is C13H17NO5. The standard InChI is InChI=1S/C13H17NO5/c1-7(15)18-6-10-3-9-4-13(9)5-11(19-8(2)16)12(17)14(10)13/h9-11H,3-6H2,1-2H3/t9-,10-,11-,13+/m1/s1. The molecule has 2 heterocycles. The average molecular weight is 267 g/mol. The molecule has 0 N–H and O–H groups in total. The number of nitrogens with zero attached hydrogens (tertiary/aromatic N) is 1. The number of hydrogen-bond acceptors (Lipinski definition) is 5. The third-order valence-corrected chi connectivity index (χ3v) is 4.44. The summed E-state index contributed by atoms with van der Waals surface area (Å²) in [5.74, 6) is -0.424. The molecule has 6 heteroatoms. The molecule has 0 aromatic rings. The Bertz CT molecular complexity index is 462. The Morgan fingerprint density at radius 2 is 2.05 bits per heavy atom. The normalized spacial score (nSPS) is 38.7. The summed E-state index contributed by atoms with van der Waals surface area (Å²) in [6, 6.07) is -0.0595. The van der Waals surface area contributed by atoms with Gasteiger partial charge in [0.1, 0.15) is 6.61 Å². The molecule has 3 aliphatic rings. The summed E-state index contributed by atoms with van der Waals surface area (Å²) in [6.45, 7) is 2.92. The van der Waals surface area contributed by atoms with Crippen molar-refractivity contribution >= 4 is 17.8 Å². The Labute approximate surface area is 111 Å². The van der Waals surface area contributed by atoms with E-state index in [4.69, 9.17) is 9.47 Å². The van der Waals surface area contributed by atoms with Gasteiger partial charge in [0.05, 0.1) is 11.6 Å². The molecule has 4 atom stereocenters. The number of amides is 1. The van der Waals surface area contributed by atoms with Gasteiger partial charge in [-0.15, -0.1) is 0 Å². The van der Waals surface area contributed by atoms with Crippen LogP contribution in [0.2, 0.25) is 0 Å². The molecule has 0 aromatic carbocycles. The fourth-order valence-corrected chi connectivity index (χ4v) is 3.72. The topological polar surface area (TPSA) is 72.9 Å². The Kier molecular flexibility index (Phi) is 2.59. The molecule has 6 nitrogen and oxygen atoms in total. The molecule has 3 fully saturated rings. The van der Waals surface area contributed by atoms with Crippen molar-refractivity contribution in [1.82, 2.24) is 4.90 Å². The molecule has 2 aliphatic heterocycles. The smallest absolute Gasteiger partial charge is 0.303 e. The van der Waals surface area contributed by atoms with Crippen molar-refractivity contribution in [1.29, 1.82) is 0 Å². The van der Waals surface area contributed by atoms with Crippen molar-refractivity contribution in [3.05, 3.63) is 0 Å². The maximum atomic E-state index is 12.3. The second kappa shape index (κ2) is 3.95. The van der Waals surface area contributed by atoms with E-state index < -0.39 is 12.1 Å². The molecule has 104 valence electrons. The second-order valence-electron chi connectivity index (χ2n) is 5.71. The summed E-state index contributed by atoms with van der Waals surface area (Å²) in [5.41, 5.74) is -0.123. The lowest BCUT2D eigenvalue weighted by Gasteiger charge is -2.27. The lowest BCUT2D eigenvalue weighted by atomic mass is 10.1. The summed E-state index contributed by atoms with van der Waals surface area (Å²) in [6.07, 6.45) is 1.80. The number of hydrogen-bond donors (Lipinski definition) is 0. The van der Waals surface area contributed by atoms with Crippen molar-refractivity contribution in [2.45, 2.75) is 50.8 Å². The maximum Gasteiger partial charge on any atom is 0.303 e. The minimum absolute atomic E-state index is 0.0595. The molecule has 2 saturated heterocycles. The number of ether oxygens (including phenoxy) is 2. The van der Waals surface area contributed by atoms with Crippen LogP contribution < -0.4 is 0 Å². The maximum absolute atomic E-state index is 12.3. The van der Waals surface area contributed by atoms with E-state index in [1.54, 1.807) is 0 Å². The monoisotopic (exact) mass is 267 g/mol. The second-order valence-corrected chi connectivity index (χ2v) is 5.71. The first-order valence-electron chi connectivity index (χ1n) is 6.58. The van der Waals surface area contributed by atoms with Crippen LogP contribution in [0.3, 0.4) is 0 Å². The highest BCUT2D eigenvalue weighted by molar-refractivity contribution is 5.88. The van der Waals surface area contributed by atoms with Crippen molar-refractivity contribution in [3.8, 4) is 0 Å². The van der Waals surface area contributed by atoms with E-state index >= 15 is 0 Å². The first kappa shape index (κ1) is 12.4. The van der Waals surface area contributed by atoms with Crippen LogP contribution in [0.5, 0.6) is 0 Å².